The molecule has 1 amide bonds. The SMILES string of the molecule is O=C(Cn1cc2ccccc2n1)N[C@@H]1COCC[C@@H]1OCc1cscn1. The molecule has 0 bridgehead atoms. The number of hydrogen-bond donors (Lipinski definition) is 1. The van der Waals surface area contributed by atoms with Gasteiger partial charge in [0.2, 0.25) is 5.91 Å². The molecule has 2 atom stereocenters. The Morgan fingerprint density at radius 2 is 2.35 bits per heavy atom. The van der Waals surface area contributed by atoms with Crippen molar-refractivity contribution in [2.75, 3.05) is 13.2 Å². The fourth-order valence-corrected chi connectivity index (χ4v) is 3.59. The van der Waals surface area contributed by atoms with E-state index in [9.17, 15) is 4.79 Å². The first-order valence-electron chi connectivity index (χ1n) is 8.56. The van der Waals surface area contributed by atoms with Gasteiger partial charge in [0.15, 0.2) is 0 Å². The minimum absolute atomic E-state index is 0.0777. The summed E-state index contributed by atoms with van der Waals surface area (Å²) < 4.78 is 13.1. The van der Waals surface area contributed by atoms with Gasteiger partial charge in [0.25, 0.3) is 0 Å². The highest BCUT2D eigenvalue weighted by Crippen LogP contribution is 2.15. The van der Waals surface area contributed by atoms with E-state index in [1.165, 1.54) is 0 Å². The van der Waals surface area contributed by atoms with Crippen LogP contribution in [0, 0.1) is 0 Å². The standard InChI is InChI=1S/C18H20N4O3S/c23-18(8-22-7-13-3-1-2-4-15(13)21-22)20-16-10-24-6-5-17(16)25-9-14-11-26-12-19-14/h1-4,7,11-12,16-17H,5-6,8-10H2,(H,20,23)/t16-,17+/m1/s1. The van der Waals surface area contributed by atoms with Crippen molar-refractivity contribution in [3.63, 3.8) is 0 Å². The van der Waals surface area contributed by atoms with Crippen molar-refractivity contribution in [3.05, 3.63) is 47.0 Å². The number of carbonyl (C=O) groups excluding carboxylic acids is 1. The maximum atomic E-state index is 12.4. The van der Waals surface area contributed by atoms with Crippen LogP contribution < -0.4 is 5.32 Å². The van der Waals surface area contributed by atoms with Crippen molar-refractivity contribution in [3.8, 4) is 0 Å². The van der Waals surface area contributed by atoms with Gasteiger partial charge < -0.3 is 14.8 Å². The molecule has 3 heterocycles. The van der Waals surface area contributed by atoms with E-state index >= 15 is 0 Å². The average molecular weight is 372 g/mol. The number of hydrogen-bond acceptors (Lipinski definition) is 6. The van der Waals surface area contributed by atoms with E-state index in [-0.39, 0.29) is 24.6 Å². The van der Waals surface area contributed by atoms with Gasteiger partial charge in [-0.1, -0.05) is 18.2 Å². The molecule has 0 aliphatic carbocycles. The summed E-state index contributed by atoms with van der Waals surface area (Å²) in [6, 6.07) is 7.64. The number of nitrogens with zero attached hydrogens (tertiary/aromatic N) is 3. The molecule has 0 spiro atoms. The molecule has 1 saturated heterocycles. The summed E-state index contributed by atoms with van der Waals surface area (Å²) in [6.07, 6.45) is 2.55. The van der Waals surface area contributed by atoms with E-state index in [0.717, 1.165) is 23.0 Å². The molecule has 1 aliphatic heterocycles. The molecule has 7 nitrogen and oxygen atoms in total. The zero-order chi connectivity index (χ0) is 17.8. The van der Waals surface area contributed by atoms with Crippen molar-refractivity contribution < 1.29 is 14.3 Å². The van der Waals surface area contributed by atoms with E-state index in [4.69, 9.17) is 9.47 Å². The number of nitrogens with one attached hydrogen (secondary N) is 1. The molecule has 0 unspecified atom stereocenters. The molecule has 1 fully saturated rings. The topological polar surface area (TPSA) is 78.3 Å². The molecule has 136 valence electrons. The number of rotatable bonds is 6. The second kappa shape index (κ2) is 7.94. The lowest BCUT2D eigenvalue weighted by molar-refractivity contribution is -0.127. The van der Waals surface area contributed by atoms with Crippen molar-refractivity contribution >= 4 is 28.1 Å². The fraction of sp³-hybridized carbons (Fsp3) is 0.389. The van der Waals surface area contributed by atoms with Gasteiger partial charge in [-0.15, -0.1) is 11.3 Å². The first-order chi connectivity index (χ1) is 12.8. The van der Waals surface area contributed by atoms with Crippen LogP contribution in [0.15, 0.2) is 41.4 Å². The van der Waals surface area contributed by atoms with Crippen LogP contribution in [0.3, 0.4) is 0 Å². The largest absolute Gasteiger partial charge is 0.379 e. The summed E-state index contributed by atoms with van der Waals surface area (Å²) >= 11 is 1.55. The van der Waals surface area contributed by atoms with Crippen LogP contribution in [0.4, 0.5) is 0 Å². The van der Waals surface area contributed by atoms with Crippen LogP contribution in [0.2, 0.25) is 0 Å². The van der Waals surface area contributed by atoms with Gasteiger partial charge in [0.1, 0.15) is 6.54 Å². The summed E-state index contributed by atoms with van der Waals surface area (Å²) in [4.78, 5) is 16.7. The molecular weight excluding hydrogens is 352 g/mol. The lowest BCUT2D eigenvalue weighted by atomic mass is 10.1. The van der Waals surface area contributed by atoms with Gasteiger partial charge in [-0.05, 0) is 12.5 Å². The molecule has 1 aliphatic rings. The highest BCUT2D eigenvalue weighted by atomic mass is 32.1. The second-order valence-electron chi connectivity index (χ2n) is 6.25. The summed E-state index contributed by atoms with van der Waals surface area (Å²) in [5, 5.41) is 10.4. The Morgan fingerprint density at radius 1 is 1.42 bits per heavy atom. The number of benzene rings is 1. The summed E-state index contributed by atoms with van der Waals surface area (Å²) in [6.45, 7) is 1.71. The summed E-state index contributed by atoms with van der Waals surface area (Å²) in [5.41, 5.74) is 3.58. The van der Waals surface area contributed by atoms with Gasteiger partial charge in [-0.25, -0.2) is 4.98 Å². The van der Waals surface area contributed by atoms with Gasteiger partial charge in [-0.2, -0.15) is 5.10 Å². The lowest BCUT2D eigenvalue weighted by Crippen LogP contribution is -2.51. The highest BCUT2D eigenvalue weighted by molar-refractivity contribution is 7.07. The van der Waals surface area contributed by atoms with E-state index in [0.29, 0.717) is 19.8 Å². The molecule has 2 aromatic heterocycles. The monoisotopic (exact) mass is 372 g/mol. The Morgan fingerprint density at radius 3 is 3.19 bits per heavy atom. The van der Waals surface area contributed by atoms with Crippen LogP contribution in [-0.4, -0.2) is 46.0 Å². The minimum Gasteiger partial charge on any atom is -0.379 e. The van der Waals surface area contributed by atoms with Gasteiger partial charge >= 0.3 is 0 Å². The third kappa shape index (κ3) is 4.09. The predicted molar refractivity (Wildman–Crippen MR) is 97.8 cm³/mol. The Balaban J connectivity index is 1.35. The molecule has 26 heavy (non-hydrogen) atoms. The predicted octanol–water partition coefficient (Wildman–Crippen LogP) is 1.98. The quantitative estimate of drug-likeness (QED) is 0.716. The maximum Gasteiger partial charge on any atom is 0.242 e. The third-order valence-corrected chi connectivity index (χ3v) is 4.97. The van der Waals surface area contributed by atoms with E-state index in [1.807, 2.05) is 35.8 Å². The number of carbonyl (C=O) groups is 1. The normalized spacial score (nSPS) is 20.3. The van der Waals surface area contributed by atoms with Crippen LogP contribution in [0.1, 0.15) is 12.1 Å². The zero-order valence-electron chi connectivity index (χ0n) is 14.2. The fourth-order valence-electron chi connectivity index (χ4n) is 3.05. The molecule has 1 N–H and O–H groups in total. The van der Waals surface area contributed by atoms with Crippen molar-refractivity contribution in [1.29, 1.82) is 0 Å². The minimum atomic E-state index is -0.167. The molecule has 8 heteroatoms. The Labute approximate surface area is 154 Å². The van der Waals surface area contributed by atoms with Crippen molar-refractivity contribution in [2.45, 2.75) is 31.7 Å². The van der Waals surface area contributed by atoms with Crippen LogP contribution in [-0.2, 0) is 27.4 Å². The molecule has 4 rings (SSSR count). The zero-order valence-corrected chi connectivity index (χ0v) is 15.0. The Hall–Kier alpha value is -2.29. The van der Waals surface area contributed by atoms with Crippen LogP contribution >= 0.6 is 11.3 Å². The number of amides is 1. The Kier molecular flexibility index (Phi) is 5.24. The second-order valence-corrected chi connectivity index (χ2v) is 6.97. The van der Waals surface area contributed by atoms with Gasteiger partial charge in [0.05, 0.1) is 42.1 Å². The smallest absolute Gasteiger partial charge is 0.242 e. The van der Waals surface area contributed by atoms with Crippen molar-refractivity contribution in [2.24, 2.45) is 0 Å². The molecular formula is C18H20N4O3S. The number of fused-ring (bicyclic) bond motifs is 1. The maximum absolute atomic E-state index is 12.4. The highest BCUT2D eigenvalue weighted by Gasteiger charge is 2.28. The van der Waals surface area contributed by atoms with E-state index < -0.39 is 0 Å². The number of aromatic nitrogens is 3. The molecule has 3 aromatic rings. The molecule has 1 aromatic carbocycles. The lowest BCUT2D eigenvalue weighted by Gasteiger charge is -2.32. The summed E-state index contributed by atoms with van der Waals surface area (Å²) in [5.74, 6) is -0.101. The van der Waals surface area contributed by atoms with E-state index in [2.05, 4.69) is 15.4 Å². The number of thiazole rings is 1. The Bertz CT molecular complexity index is 831. The van der Waals surface area contributed by atoms with Crippen LogP contribution in [0.5, 0.6) is 0 Å². The van der Waals surface area contributed by atoms with E-state index in [1.54, 1.807) is 21.5 Å². The first kappa shape index (κ1) is 17.1. The van der Waals surface area contributed by atoms with Gasteiger partial charge in [0, 0.05) is 23.6 Å². The molecule has 0 radical (unpaired) electrons. The third-order valence-electron chi connectivity index (χ3n) is 4.33. The number of ether oxygens (including phenoxy) is 2. The van der Waals surface area contributed by atoms with Crippen molar-refractivity contribution in [1.82, 2.24) is 20.1 Å². The molecule has 0 saturated carbocycles. The van der Waals surface area contributed by atoms with Crippen LogP contribution in [0.25, 0.3) is 10.9 Å². The first-order valence-corrected chi connectivity index (χ1v) is 9.50. The summed E-state index contributed by atoms with van der Waals surface area (Å²) in [7, 11) is 0. The van der Waals surface area contributed by atoms with Gasteiger partial charge in [-0.3, -0.25) is 9.48 Å². The average Bonchev–Trinajstić information content (AvgIpc) is 3.29.